The molecule has 0 aliphatic carbocycles. The Hall–Kier alpha value is -0.920. The lowest BCUT2D eigenvalue weighted by Gasteiger charge is -2.42. The van der Waals surface area contributed by atoms with Gasteiger partial charge in [-0.05, 0) is 12.0 Å². The van der Waals surface area contributed by atoms with Crippen LogP contribution in [0.25, 0.3) is 0 Å². The molecule has 6 heteroatoms. The van der Waals surface area contributed by atoms with Crippen molar-refractivity contribution in [3.05, 3.63) is 47.2 Å². The van der Waals surface area contributed by atoms with Crippen LogP contribution < -0.4 is 0 Å². The number of nitrogens with zero attached hydrogens (tertiary/aromatic N) is 1. The zero-order chi connectivity index (χ0) is 16.4. The molecule has 0 radical (unpaired) electrons. The average Bonchev–Trinajstić information content (AvgIpc) is 2.47. The standard InChI is InChI=1S/C16H16Cl3NO2/c1-2-6-14-13(10-20)12(11-7-4-3-5-8-11)9-15(21,22-14)16(17,18)19/h3-5,7-8,12,21H,2,6,9H2,1H3/t12-,15+/m1/s1. The van der Waals surface area contributed by atoms with E-state index in [9.17, 15) is 10.4 Å². The molecule has 1 N–H and O–H groups in total. The van der Waals surface area contributed by atoms with E-state index in [1.54, 1.807) is 0 Å². The summed E-state index contributed by atoms with van der Waals surface area (Å²) >= 11 is 17.7. The molecule has 0 amide bonds. The number of allylic oxidation sites excluding steroid dienone is 2. The van der Waals surface area contributed by atoms with Crippen molar-refractivity contribution < 1.29 is 9.84 Å². The van der Waals surface area contributed by atoms with Crippen LogP contribution in [0.15, 0.2) is 41.7 Å². The summed E-state index contributed by atoms with van der Waals surface area (Å²) < 4.78 is 3.54. The van der Waals surface area contributed by atoms with Gasteiger partial charge in [-0.1, -0.05) is 72.1 Å². The van der Waals surface area contributed by atoms with Gasteiger partial charge in [-0.25, -0.2) is 0 Å². The highest BCUT2D eigenvalue weighted by Gasteiger charge is 2.54. The predicted molar refractivity (Wildman–Crippen MR) is 87.7 cm³/mol. The molecule has 118 valence electrons. The van der Waals surface area contributed by atoms with Gasteiger partial charge in [0.05, 0.1) is 11.6 Å². The molecule has 22 heavy (non-hydrogen) atoms. The van der Waals surface area contributed by atoms with Crippen LogP contribution in [0.4, 0.5) is 0 Å². The van der Waals surface area contributed by atoms with E-state index in [0.717, 1.165) is 12.0 Å². The lowest BCUT2D eigenvalue weighted by Crippen LogP contribution is -2.49. The van der Waals surface area contributed by atoms with Gasteiger partial charge in [0.2, 0.25) is 0 Å². The Balaban J connectivity index is 2.54. The maximum atomic E-state index is 10.7. The number of aliphatic hydroxyl groups is 1. The van der Waals surface area contributed by atoms with Crippen LogP contribution in [0, 0.1) is 11.3 Å². The van der Waals surface area contributed by atoms with Gasteiger partial charge in [0.1, 0.15) is 5.76 Å². The second-order valence-electron chi connectivity index (χ2n) is 5.25. The molecule has 0 saturated heterocycles. The molecule has 0 unspecified atom stereocenters. The van der Waals surface area contributed by atoms with Gasteiger partial charge in [-0.3, -0.25) is 0 Å². The highest BCUT2D eigenvalue weighted by atomic mass is 35.6. The average molecular weight is 361 g/mol. The van der Waals surface area contributed by atoms with Gasteiger partial charge in [0, 0.05) is 18.8 Å². The third kappa shape index (κ3) is 3.36. The van der Waals surface area contributed by atoms with Crippen LogP contribution in [0.2, 0.25) is 0 Å². The van der Waals surface area contributed by atoms with E-state index in [1.165, 1.54) is 0 Å². The smallest absolute Gasteiger partial charge is 0.256 e. The Morgan fingerprint density at radius 3 is 2.50 bits per heavy atom. The number of ether oxygens (including phenoxy) is 1. The maximum absolute atomic E-state index is 10.7. The van der Waals surface area contributed by atoms with Crippen molar-refractivity contribution in [3.8, 4) is 6.07 Å². The molecule has 0 aromatic heterocycles. The van der Waals surface area contributed by atoms with Gasteiger partial charge >= 0.3 is 0 Å². The van der Waals surface area contributed by atoms with Gasteiger partial charge < -0.3 is 9.84 Å². The Morgan fingerprint density at radius 1 is 1.36 bits per heavy atom. The molecule has 0 fully saturated rings. The molecule has 1 aromatic rings. The van der Waals surface area contributed by atoms with E-state index in [1.807, 2.05) is 37.3 Å². The second kappa shape index (κ2) is 6.68. The number of hydrogen-bond donors (Lipinski definition) is 1. The molecule has 2 atom stereocenters. The summed E-state index contributed by atoms with van der Waals surface area (Å²) in [5.74, 6) is -1.95. The van der Waals surface area contributed by atoms with Gasteiger partial charge in [-0.2, -0.15) is 5.26 Å². The third-order valence-corrected chi connectivity index (χ3v) is 4.55. The minimum Gasteiger partial charge on any atom is -0.461 e. The first kappa shape index (κ1) is 17.4. The first-order valence-corrected chi connectivity index (χ1v) is 8.12. The lowest BCUT2D eigenvalue weighted by molar-refractivity contribution is -0.190. The molecule has 2 rings (SSSR count). The monoisotopic (exact) mass is 359 g/mol. The number of alkyl halides is 3. The van der Waals surface area contributed by atoms with E-state index < -0.39 is 9.58 Å². The largest absolute Gasteiger partial charge is 0.461 e. The summed E-state index contributed by atoms with van der Waals surface area (Å²) in [5, 5.41) is 20.2. The zero-order valence-electron chi connectivity index (χ0n) is 12.0. The molecule has 0 spiro atoms. The molecular formula is C16H16Cl3NO2. The predicted octanol–water partition coefficient (Wildman–Crippen LogP) is 4.83. The highest BCUT2D eigenvalue weighted by molar-refractivity contribution is 6.68. The first-order chi connectivity index (χ1) is 10.3. The van der Waals surface area contributed by atoms with Crippen LogP contribution in [-0.2, 0) is 4.74 Å². The fourth-order valence-corrected chi connectivity index (χ4v) is 2.92. The van der Waals surface area contributed by atoms with Crippen molar-refractivity contribution in [2.24, 2.45) is 0 Å². The van der Waals surface area contributed by atoms with Crippen molar-refractivity contribution in [3.63, 3.8) is 0 Å². The van der Waals surface area contributed by atoms with Crippen molar-refractivity contribution >= 4 is 34.8 Å². The molecule has 1 aliphatic rings. The normalized spacial score (nSPS) is 25.5. The Bertz CT molecular complexity index is 604. The van der Waals surface area contributed by atoms with Crippen molar-refractivity contribution in [2.75, 3.05) is 0 Å². The summed E-state index contributed by atoms with van der Waals surface area (Å²) in [4.78, 5) is 0. The second-order valence-corrected chi connectivity index (χ2v) is 7.53. The van der Waals surface area contributed by atoms with Crippen LogP contribution in [0.3, 0.4) is 0 Å². The summed E-state index contributed by atoms with van der Waals surface area (Å²) in [6.07, 6.45) is 1.25. The fourth-order valence-electron chi connectivity index (χ4n) is 2.57. The minimum atomic E-state index is -2.01. The van der Waals surface area contributed by atoms with Crippen molar-refractivity contribution in [1.82, 2.24) is 0 Å². The maximum Gasteiger partial charge on any atom is 0.256 e. The topological polar surface area (TPSA) is 53.2 Å². The van der Waals surface area contributed by atoms with Gasteiger partial charge in [0.25, 0.3) is 9.58 Å². The summed E-state index contributed by atoms with van der Waals surface area (Å²) in [5.41, 5.74) is 1.36. The first-order valence-electron chi connectivity index (χ1n) is 6.98. The minimum absolute atomic E-state index is 0.00359. The zero-order valence-corrected chi connectivity index (χ0v) is 14.3. The number of halogens is 3. The number of hydrogen-bond acceptors (Lipinski definition) is 3. The van der Waals surface area contributed by atoms with Crippen LogP contribution in [0.5, 0.6) is 0 Å². The van der Waals surface area contributed by atoms with Gasteiger partial charge in [-0.15, -0.1) is 0 Å². The van der Waals surface area contributed by atoms with E-state index in [2.05, 4.69) is 6.07 Å². The van der Waals surface area contributed by atoms with E-state index in [0.29, 0.717) is 17.8 Å². The molecule has 0 bridgehead atoms. The van der Waals surface area contributed by atoms with E-state index in [4.69, 9.17) is 39.5 Å². The SMILES string of the molecule is CCCC1=C(C#N)[C@@H](c2ccccc2)C[C@@](O)(C(Cl)(Cl)Cl)O1. The molecular weight excluding hydrogens is 345 g/mol. The van der Waals surface area contributed by atoms with Crippen LogP contribution in [-0.4, -0.2) is 14.7 Å². The number of benzene rings is 1. The molecule has 1 aliphatic heterocycles. The summed E-state index contributed by atoms with van der Waals surface area (Å²) in [7, 11) is 0. The summed E-state index contributed by atoms with van der Waals surface area (Å²) in [6.45, 7) is 1.95. The molecule has 1 aromatic carbocycles. The number of rotatable bonds is 3. The summed E-state index contributed by atoms with van der Waals surface area (Å²) in [6, 6.07) is 11.6. The lowest BCUT2D eigenvalue weighted by atomic mass is 9.82. The third-order valence-electron chi connectivity index (χ3n) is 3.66. The Labute approximate surface area is 145 Å². The fraction of sp³-hybridized carbons (Fsp3) is 0.438. The van der Waals surface area contributed by atoms with Crippen LogP contribution in [0.1, 0.15) is 37.7 Å². The molecule has 1 heterocycles. The highest BCUT2D eigenvalue weighted by Crippen LogP contribution is 2.51. The van der Waals surface area contributed by atoms with Crippen LogP contribution >= 0.6 is 34.8 Å². The number of nitriles is 1. The van der Waals surface area contributed by atoms with E-state index >= 15 is 0 Å². The Kier molecular flexibility index (Phi) is 5.29. The Morgan fingerprint density at radius 2 is 2.00 bits per heavy atom. The van der Waals surface area contributed by atoms with E-state index in [-0.39, 0.29) is 12.3 Å². The van der Waals surface area contributed by atoms with Crippen molar-refractivity contribution in [2.45, 2.75) is 41.7 Å². The molecule has 3 nitrogen and oxygen atoms in total. The van der Waals surface area contributed by atoms with Gasteiger partial charge in [0.15, 0.2) is 0 Å². The molecule has 0 saturated carbocycles. The van der Waals surface area contributed by atoms with Crippen molar-refractivity contribution in [1.29, 1.82) is 5.26 Å². The quantitative estimate of drug-likeness (QED) is 0.786.